The third-order valence-corrected chi connectivity index (χ3v) is 1.38. The lowest BCUT2D eigenvalue weighted by Crippen LogP contribution is -2.15. The summed E-state index contributed by atoms with van der Waals surface area (Å²) in [6.45, 7) is 3.31. The maximum absolute atomic E-state index is 10.4. The number of nitrogens with zero attached hydrogens (tertiary/aromatic N) is 3. The first-order valence-electron chi connectivity index (χ1n) is 3.22. The second-order valence-corrected chi connectivity index (χ2v) is 2.35. The van der Waals surface area contributed by atoms with E-state index in [1.165, 1.54) is 4.68 Å². The van der Waals surface area contributed by atoms with Crippen molar-refractivity contribution in [3.8, 4) is 0 Å². The lowest BCUT2D eigenvalue weighted by Gasteiger charge is -2.03. The number of hydrogen-bond donors (Lipinski definition) is 1. The molecule has 0 amide bonds. The van der Waals surface area contributed by atoms with E-state index >= 15 is 0 Å². The molecule has 1 atom stereocenters. The van der Waals surface area contributed by atoms with E-state index in [0.29, 0.717) is 0 Å². The van der Waals surface area contributed by atoms with E-state index in [9.17, 15) is 4.79 Å². The van der Waals surface area contributed by atoms with Gasteiger partial charge in [-0.3, -0.25) is 0 Å². The summed E-state index contributed by atoms with van der Waals surface area (Å²) < 4.78 is 1.32. The summed E-state index contributed by atoms with van der Waals surface area (Å²) in [5, 5.41) is 15.8. The van der Waals surface area contributed by atoms with Crippen LogP contribution in [0.15, 0.2) is 6.20 Å². The van der Waals surface area contributed by atoms with Crippen molar-refractivity contribution >= 4 is 5.97 Å². The van der Waals surface area contributed by atoms with Crippen LogP contribution in [0.5, 0.6) is 0 Å². The first kappa shape index (κ1) is 7.71. The van der Waals surface area contributed by atoms with Crippen molar-refractivity contribution in [1.82, 2.24) is 15.0 Å². The molecule has 0 aliphatic carbocycles. The Kier molecular flexibility index (Phi) is 1.89. The van der Waals surface area contributed by atoms with Gasteiger partial charge in [0.2, 0.25) is 0 Å². The first-order chi connectivity index (χ1) is 5.11. The van der Waals surface area contributed by atoms with Gasteiger partial charge >= 0.3 is 5.97 Å². The van der Waals surface area contributed by atoms with Gasteiger partial charge in [-0.2, -0.15) is 0 Å². The number of aromatic nitrogens is 3. The van der Waals surface area contributed by atoms with Gasteiger partial charge in [-0.1, -0.05) is 5.21 Å². The highest BCUT2D eigenvalue weighted by Crippen LogP contribution is 2.02. The molecule has 1 heterocycles. The predicted molar refractivity (Wildman–Crippen MR) is 37.1 cm³/mol. The van der Waals surface area contributed by atoms with Gasteiger partial charge < -0.3 is 5.11 Å². The van der Waals surface area contributed by atoms with Gasteiger partial charge in [0.25, 0.3) is 0 Å². The lowest BCUT2D eigenvalue weighted by atomic mass is 10.3. The molecule has 0 aromatic carbocycles. The molecule has 1 aromatic rings. The highest BCUT2D eigenvalue weighted by molar-refractivity contribution is 5.71. The van der Waals surface area contributed by atoms with Crippen molar-refractivity contribution in [3.63, 3.8) is 0 Å². The molecule has 1 unspecified atom stereocenters. The van der Waals surface area contributed by atoms with Gasteiger partial charge in [0.1, 0.15) is 6.04 Å². The van der Waals surface area contributed by atoms with Gasteiger partial charge in [-0.05, 0) is 13.8 Å². The zero-order chi connectivity index (χ0) is 8.43. The highest BCUT2D eigenvalue weighted by Gasteiger charge is 2.13. The zero-order valence-corrected chi connectivity index (χ0v) is 6.35. The lowest BCUT2D eigenvalue weighted by molar-refractivity contribution is -0.140. The van der Waals surface area contributed by atoms with Crippen LogP contribution < -0.4 is 0 Å². The van der Waals surface area contributed by atoms with Gasteiger partial charge in [0.05, 0.1) is 5.69 Å². The van der Waals surface area contributed by atoms with E-state index in [4.69, 9.17) is 5.11 Å². The normalized spacial score (nSPS) is 12.9. The van der Waals surface area contributed by atoms with Crippen molar-refractivity contribution in [3.05, 3.63) is 11.9 Å². The second kappa shape index (κ2) is 2.69. The molecule has 0 aliphatic rings. The molecule has 0 saturated carbocycles. The average Bonchev–Trinajstić information content (AvgIpc) is 2.34. The molecule has 60 valence electrons. The first-order valence-corrected chi connectivity index (χ1v) is 3.22. The van der Waals surface area contributed by atoms with Gasteiger partial charge in [-0.15, -0.1) is 5.10 Å². The second-order valence-electron chi connectivity index (χ2n) is 2.35. The van der Waals surface area contributed by atoms with E-state index < -0.39 is 12.0 Å². The third kappa shape index (κ3) is 1.54. The standard InChI is InChI=1S/C6H9N3O2/c1-4-3-9(8-7-4)5(2)6(10)11/h3,5H,1-2H3,(H,10,11). The van der Waals surface area contributed by atoms with Crippen molar-refractivity contribution < 1.29 is 9.90 Å². The Hall–Kier alpha value is -1.39. The van der Waals surface area contributed by atoms with Crippen LogP contribution in [0.1, 0.15) is 18.7 Å². The van der Waals surface area contributed by atoms with Crippen LogP contribution in [0.4, 0.5) is 0 Å². The molecule has 11 heavy (non-hydrogen) atoms. The maximum atomic E-state index is 10.4. The Morgan fingerprint density at radius 1 is 1.82 bits per heavy atom. The monoisotopic (exact) mass is 155 g/mol. The predicted octanol–water partition coefficient (Wildman–Crippen LogP) is 0.232. The van der Waals surface area contributed by atoms with Crippen LogP contribution in [-0.4, -0.2) is 26.1 Å². The third-order valence-electron chi connectivity index (χ3n) is 1.38. The zero-order valence-electron chi connectivity index (χ0n) is 6.35. The molecule has 0 saturated heterocycles. The SMILES string of the molecule is Cc1cn(C(C)C(=O)O)nn1. The Morgan fingerprint density at radius 3 is 2.82 bits per heavy atom. The smallest absolute Gasteiger partial charge is 0.328 e. The van der Waals surface area contributed by atoms with Crippen molar-refractivity contribution in [2.75, 3.05) is 0 Å². The van der Waals surface area contributed by atoms with E-state index in [-0.39, 0.29) is 0 Å². The summed E-state index contributed by atoms with van der Waals surface area (Å²) in [6, 6.07) is -0.642. The van der Waals surface area contributed by atoms with Gasteiger partial charge in [0.15, 0.2) is 0 Å². The average molecular weight is 155 g/mol. The van der Waals surface area contributed by atoms with Crippen LogP contribution >= 0.6 is 0 Å². The Bertz CT molecular complexity index is 269. The van der Waals surface area contributed by atoms with Gasteiger partial charge in [0, 0.05) is 6.20 Å². The molecule has 0 aliphatic heterocycles. The summed E-state index contributed by atoms with van der Waals surface area (Å²) in [4.78, 5) is 10.4. The highest BCUT2D eigenvalue weighted by atomic mass is 16.4. The molecule has 1 rings (SSSR count). The summed E-state index contributed by atoms with van der Waals surface area (Å²) in [7, 11) is 0. The number of aliphatic carboxylic acids is 1. The van der Waals surface area contributed by atoms with Crippen LogP contribution in [-0.2, 0) is 4.79 Å². The molecular formula is C6H9N3O2. The summed E-state index contributed by atoms with van der Waals surface area (Å²) >= 11 is 0. The van der Waals surface area contributed by atoms with E-state index in [1.807, 2.05) is 0 Å². The fourth-order valence-corrected chi connectivity index (χ4v) is 0.668. The molecule has 0 radical (unpaired) electrons. The van der Waals surface area contributed by atoms with Crippen LogP contribution in [0.2, 0.25) is 0 Å². The Balaban J connectivity index is 2.84. The summed E-state index contributed by atoms with van der Waals surface area (Å²) in [5.74, 6) is -0.908. The van der Waals surface area contributed by atoms with Crippen molar-refractivity contribution in [2.45, 2.75) is 19.9 Å². The van der Waals surface area contributed by atoms with Crippen LogP contribution in [0.25, 0.3) is 0 Å². The topological polar surface area (TPSA) is 68.0 Å². The molecule has 1 aromatic heterocycles. The van der Waals surface area contributed by atoms with E-state index in [1.54, 1.807) is 20.0 Å². The molecule has 0 bridgehead atoms. The molecular weight excluding hydrogens is 146 g/mol. The number of carboxylic acid groups (broad SMARTS) is 1. The minimum atomic E-state index is -0.908. The van der Waals surface area contributed by atoms with Crippen LogP contribution in [0.3, 0.4) is 0 Å². The fourth-order valence-electron chi connectivity index (χ4n) is 0.668. The summed E-state index contributed by atoms with van der Waals surface area (Å²) in [5.41, 5.74) is 0.720. The minimum absolute atomic E-state index is 0.642. The van der Waals surface area contributed by atoms with Crippen molar-refractivity contribution in [1.29, 1.82) is 0 Å². The molecule has 5 nitrogen and oxygen atoms in total. The minimum Gasteiger partial charge on any atom is -0.480 e. The largest absolute Gasteiger partial charge is 0.480 e. The van der Waals surface area contributed by atoms with Gasteiger partial charge in [-0.25, -0.2) is 9.48 Å². The van der Waals surface area contributed by atoms with E-state index in [0.717, 1.165) is 5.69 Å². The fraction of sp³-hybridized carbons (Fsp3) is 0.500. The molecule has 1 N–H and O–H groups in total. The number of carbonyl (C=O) groups is 1. The molecule has 0 fully saturated rings. The number of carboxylic acids is 1. The van der Waals surface area contributed by atoms with Crippen LogP contribution in [0, 0.1) is 6.92 Å². The quantitative estimate of drug-likeness (QED) is 0.663. The van der Waals surface area contributed by atoms with Crippen molar-refractivity contribution in [2.24, 2.45) is 0 Å². The maximum Gasteiger partial charge on any atom is 0.328 e. The Labute approximate surface area is 63.6 Å². The summed E-state index contributed by atoms with van der Waals surface area (Å²) in [6.07, 6.45) is 1.60. The number of rotatable bonds is 2. The number of aryl methyl sites for hydroxylation is 1. The number of hydrogen-bond acceptors (Lipinski definition) is 3. The molecule has 5 heteroatoms. The van der Waals surface area contributed by atoms with E-state index in [2.05, 4.69) is 10.3 Å². The Morgan fingerprint density at radius 2 is 2.45 bits per heavy atom. The molecule has 0 spiro atoms.